The zero-order valence-corrected chi connectivity index (χ0v) is 26.7. The van der Waals surface area contributed by atoms with Gasteiger partial charge in [0, 0.05) is 22.1 Å². The van der Waals surface area contributed by atoms with E-state index in [0.717, 1.165) is 77.2 Å². The maximum Gasteiger partial charge on any atom is 0.188 e. The number of para-hydroxylation sites is 2. The second-order valence-electron chi connectivity index (χ2n) is 12.3. The zero-order chi connectivity index (χ0) is 33.8. The molecule has 50 heavy (non-hydrogen) atoms. The van der Waals surface area contributed by atoms with E-state index in [-0.39, 0.29) is 0 Å². The van der Waals surface area contributed by atoms with Gasteiger partial charge in [-0.25, -0.2) is 9.69 Å². The number of nitriles is 1. The number of rotatable bonds is 4. The minimum absolute atomic E-state index is 0.550. The van der Waals surface area contributed by atoms with E-state index in [1.165, 1.54) is 0 Å². The van der Waals surface area contributed by atoms with Gasteiger partial charge in [0.2, 0.25) is 0 Å². The lowest BCUT2D eigenvalue weighted by Gasteiger charge is -2.16. The lowest BCUT2D eigenvalue weighted by Crippen LogP contribution is -1.98. The smallest absolute Gasteiger partial charge is 0.188 e. The average Bonchev–Trinajstić information content (AvgIpc) is 3.70. The number of fused-ring (bicyclic) bond motifs is 6. The van der Waals surface area contributed by atoms with E-state index in [0.29, 0.717) is 16.9 Å². The first-order valence-corrected chi connectivity index (χ1v) is 16.2. The van der Waals surface area contributed by atoms with Gasteiger partial charge in [0.15, 0.2) is 11.4 Å². The highest BCUT2D eigenvalue weighted by atomic mass is 15.0. The summed E-state index contributed by atoms with van der Waals surface area (Å²) in [5.41, 5.74) is 11.6. The van der Waals surface area contributed by atoms with Gasteiger partial charge in [-0.05, 0) is 106 Å². The number of benzene rings is 7. The molecular formula is C45H25N5. The van der Waals surface area contributed by atoms with Crippen LogP contribution in [-0.4, -0.2) is 9.13 Å². The molecule has 0 unspecified atom stereocenters. The summed E-state index contributed by atoms with van der Waals surface area (Å²) >= 11 is 0. The van der Waals surface area contributed by atoms with Crippen LogP contribution in [0.3, 0.4) is 0 Å². The fourth-order valence-electron chi connectivity index (χ4n) is 7.29. The molecule has 0 amide bonds. The van der Waals surface area contributed by atoms with Gasteiger partial charge in [0.25, 0.3) is 0 Å². The summed E-state index contributed by atoms with van der Waals surface area (Å²) in [4.78, 5) is 7.39. The number of aromatic nitrogens is 2. The summed E-state index contributed by atoms with van der Waals surface area (Å²) < 4.78 is 4.46. The number of nitrogens with zero attached hydrogens (tertiary/aromatic N) is 5. The first-order chi connectivity index (χ1) is 24.6. The summed E-state index contributed by atoms with van der Waals surface area (Å²) in [6.45, 7) is 15.3. The standard InChI is InChI=1S/C45H25N5/c1-47-34-16-18-44-40(26-34)41-27-35(48-2)17-19-45(41)50(44)37-24-32(30-10-4-3-5-11-30)22-33(25-37)31-20-29(28-46)21-36(23-31)49-42-14-8-6-12-38(42)39-13-7-9-15-43(39)49/h3-27H. The summed E-state index contributed by atoms with van der Waals surface area (Å²) in [6, 6.07) is 53.6. The van der Waals surface area contributed by atoms with E-state index in [2.05, 4.69) is 110 Å². The van der Waals surface area contributed by atoms with Crippen LogP contribution in [0.5, 0.6) is 0 Å². The Kier molecular flexibility index (Phi) is 6.56. The highest BCUT2D eigenvalue weighted by Gasteiger charge is 2.18. The van der Waals surface area contributed by atoms with Crippen LogP contribution in [0.1, 0.15) is 5.56 Å². The number of hydrogen-bond donors (Lipinski definition) is 0. The van der Waals surface area contributed by atoms with Crippen molar-refractivity contribution in [1.82, 2.24) is 9.13 Å². The van der Waals surface area contributed by atoms with E-state index >= 15 is 0 Å². The molecule has 7 aromatic carbocycles. The maximum atomic E-state index is 10.3. The van der Waals surface area contributed by atoms with Gasteiger partial charge in [-0.1, -0.05) is 78.9 Å². The van der Waals surface area contributed by atoms with Crippen molar-refractivity contribution in [3.63, 3.8) is 0 Å². The second-order valence-corrected chi connectivity index (χ2v) is 12.3. The van der Waals surface area contributed by atoms with Crippen LogP contribution in [0.2, 0.25) is 0 Å². The normalized spacial score (nSPS) is 11.1. The van der Waals surface area contributed by atoms with E-state index in [9.17, 15) is 5.26 Å². The molecule has 0 saturated carbocycles. The van der Waals surface area contributed by atoms with Gasteiger partial charge >= 0.3 is 0 Å². The third-order valence-electron chi connectivity index (χ3n) is 9.49. The predicted octanol–water partition coefficient (Wildman–Crippen LogP) is 12.2. The minimum atomic E-state index is 0.550. The molecule has 2 heterocycles. The van der Waals surface area contributed by atoms with Crippen LogP contribution < -0.4 is 0 Å². The SMILES string of the molecule is [C-]#[N+]c1ccc2c(c1)c1cc([N+]#[C-])ccc1n2-c1cc(-c2ccccc2)cc(-c2cc(C#N)cc(-n3c4ccccc4c4ccccc43)c2)c1. The molecule has 0 spiro atoms. The van der Waals surface area contributed by atoms with Crippen molar-refractivity contribution in [3.8, 4) is 39.7 Å². The quantitative estimate of drug-likeness (QED) is 0.177. The Bertz CT molecular complexity index is 2830. The molecule has 5 heteroatoms. The zero-order valence-electron chi connectivity index (χ0n) is 26.7. The third kappa shape index (κ3) is 4.53. The Labute approximate surface area is 288 Å². The lowest BCUT2D eigenvalue weighted by molar-refractivity contribution is 1.17. The molecular weight excluding hydrogens is 611 g/mol. The Morgan fingerprint density at radius 2 is 0.880 bits per heavy atom. The van der Waals surface area contributed by atoms with Gasteiger partial charge < -0.3 is 9.13 Å². The monoisotopic (exact) mass is 635 g/mol. The third-order valence-corrected chi connectivity index (χ3v) is 9.49. The molecule has 5 nitrogen and oxygen atoms in total. The minimum Gasteiger partial charge on any atom is -0.309 e. The summed E-state index contributed by atoms with van der Waals surface area (Å²) in [7, 11) is 0. The van der Waals surface area contributed by atoms with Crippen LogP contribution in [0.25, 0.3) is 86.9 Å². The summed E-state index contributed by atoms with van der Waals surface area (Å²) in [5.74, 6) is 0. The molecule has 0 fully saturated rings. The van der Waals surface area contributed by atoms with Crippen LogP contribution >= 0.6 is 0 Å². The van der Waals surface area contributed by atoms with Gasteiger partial charge in [0.1, 0.15) is 0 Å². The van der Waals surface area contributed by atoms with Crippen molar-refractivity contribution in [2.24, 2.45) is 0 Å². The molecule has 0 aliphatic carbocycles. The summed E-state index contributed by atoms with van der Waals surface area (Å²) in [5, 5.41) is 14.5. The maximum absolute atomic E-state index is 10.3. The molecule has 2 aromatic heterocycles. The molecule has 0 atom stereocenters. The fourth-order valence-corrected chi connectivity index (χ4v) is 7.29. The van der Waals surface area contributed by atoms with Gasteiger partial charge in [0.05, 0.1) is 46.8 Å². The van der Waals surface area contributed by atoms with Crippen LogP contribution in [0, 0.1) is 24.5 Å². The van der Waals surface area contributed by atoms with Crippen LogP contribution in [0.15, 0.2) is 152 Å². The molecule has 0 N–H and O–H groups in total. The lowest BCUT2D eigenvalue weighted by atomic mass is 9.96. The highest BCUT2D eigenvalue weighted by Crippen LogP contribution is 2.40. The Balaban J connectivity index is 1.34. The first kappa shape index (κ1) is 28.8. The molecule has 9 aromatic rings. The van der Waals surface area contributed by atoms with Crippen molar-refractivity contribution in [2.75, 3.05) is 0 Å². The molecule has 0 aliphatic heterocycles. The van der Waals surface area contributed by atoms with Crippen molar-refractivity contribution >= 4 is 55.0 Å². The van der Waals surface area contributed by atoms with Gasteiger partial charge in [-0.3, -0.25) is 0 Å². The molecule has 0 bridgehead atoms. The number of hydrogen-bond acceptors (Lipinski definition) is 1. The first-order valence-electron chi connectivity index (χ1n) is 16.2. The fraction of sp³-hybridized carbons (Fsp3) is 0. The predicted molar refractivity (Wildman–Crippen MR) is 203 cm³/mol. The van der Waals surface area contributed by atoms with E-state index in [1.807, 2.05) is 66.7 Å². The van der Waals surface area contributed by atoms with Crippen LogP contribution in [-0.2, 0) is 0 Å². The molecule has 0 aliphatic rings. The van der Waals surface area contributed by atoms with Crippen molar-refractivity contribution in [2.45, 2.75) is 0 Å². The van der Waals surface area contributed by atoms with E-state index < -0.39 is 0 Å². The van der Waals surface area contributed by atoms with Crippen molar-refractivity contribution < 1.29 is 0 Å². The Morgan fingerprint density at radius 3 is 1.42 bits per heavy atom. The second kappa shape index (κ2) is 11.4. The molecule has 0 radical (unpaired) electrons. The summed E-state index contributed by atoms with van der Waals surface area (Å²) in [6.07, 6.45) is 0. The van der Waals surface area contributed by atoms with E-state index in [1.54, 1.807) is 0 Å². The average molecular weight is 636 g/mol. The van der Waals surface area contributed by atoms with Gasteiger partial charge in [-0.2, -0.15) is 5.26 Å². The largest absolute Gasteiger partial charge is 0.309 e. The van der Waals surface area contributed by atoms with E-state index in [4.69, 9.17) is 13.1 Å². The molecule has 9 rings (SSSR count). The topological polar surface area (TPSA) is 42.4 Å². The van der Waals surface area contributed by atoms with Crippen LogP contribution in [0.4, 0.5) is 11.4 Å². The molecule has 0 saturated heterocycles. The van der Waals surface area contributed by atoms with Crippen molar-refractivity contribution in [1.29, 1.82) is 5.26 Å². The van der Waals surface area contributed by atoms with Gasteiger partial charge in [-0.15, -0.1) is 0 Å². The Hall–Kier alpha value is -7.39. The highest BCUT2D eigenvalue weighted by molar-refractivity contribution is 6.12. The molecule has 230 valence electrons. The Morgan fingerprint density at radius 1 is 0.420 bits per heavy atom. The van der Waals surface area contributed by atoms with Crippen molar-refractivity contribution in [3.05, 3.63) is 180 Å².